The van der Waals surface area contributed by atoms with Crippen molar-refractivity contribution in [3.05, 3.63) is 91.9 Å². The fraction of sp³-hybridized carbons (Fsp3) is 0.185. The van der Waals surface area contributed by atoms with Crippen molar-refractivity contribution < 1.29 is 27.4 Å². The number of anilines is 1. The molecule has 0 radical (unpaired) electrons. The molecule has 0 aliphatic carbocycles. The van der Waals surface area contributed by atoms with Crippen LogP contribution in [0.15, 0.2) is 64.6 Å². The van der Waals surface area contributed by atoms with Crippen molar-refractivity contribution in [1.29, 1.82) is 5.26 Å². The lowest BCUT2D eigenvalue weighted by atomic mass is 10.1. The summed E-state index contributed by atoms with van der Waals surface area (Å²) in [6.45, 7) is 4.41. The molecule has 3 rings (SSSR count). The highest BCUT2D eigenvalue weighted by Gasteiger charge is 2.31. The van der Waals surface area contributed by atoms with Gasteiger partial charge in [-0.3, -0.25) is 4.79 Å². The number of aryl methyl sites for hydroxylation is 1. The quantitative estimate of drug-likeness (QED) is 0.213. The molecule has 0 atom stereocenters. The Kier molecular flexibility index (Phi) is 9.24. The minimum atomic E-state index is -4.62. The highest BCUT2D eigenvalue weighted by Crippen LogP contribution is 2.38. The number of alkyl halides is 3. The Morgan fingerprint density at radius 1 is 1.16 bits per heavy atom. The molecule has 192 valence electrons. The third-order valence-corrected chi connectivity index (χ3v) is 5.93. The smallest absolute Gasteiger partial charge is 0.416 e. The van der Waals surface area contributed by atoms with Gasteiger partial charge in [0, 0.05) is 0 Å². The van der Waals surface area contributed by atoms with Crippen molar-refractivity contribution in [2.75, 3.05) is 11.9 Å². The number of nitriles is 1. The van der Waals surface area contributed by atoms with Crippen LogP contribution in [0.4, 0.5) is 18.9 Å². The first-order valence-corrected chi connectivity index (χ1v) is 12.1. The Labute approximate surface area is 225 Å². The first-order chi connectivity index (χ1) is 17.5. The fourth-order valence-electron chi connectivity index (χ4n) is 3.33. The van der Waals surface area contributed by atoms with Crippen LogP contribution < -0.4 is 14.8 Å². The largest absolute Gasteiger partial charge is 0.490 e. The predicted octanol–water partition coefficient (Wildman–Crippen LogP) is 7.95. The van der Waals surface area contributed by atoms with Crippen LogP contribution in [-0.4, -0.2) is 12.5 Å². The molecule has 0 saturated heterocycles. The van der Waals surface area contributed by atoms with Gasteiger partial charge in [-0.15, -0.1) is 0 Å². The number of hydrogen-bond donors (Lipinski definition) is 1. The van der Waals surface area contributed by atoms with Crippen LogP contribution >= 0.6 is 27.5 Å². The van der Waals surface area contributed by atoms with E-state index in [4.69, 9.17) is 21.1 Å². The van der Waals surface area contributed by atoms with Crippen molar-refractivity contribution in [3.8, 4) is 17.6 Å². The third-order valence-electron chi connectivity index (χ3n) is 5.02. The number of benzene rings is 3. The molecule has 0 fully saturated rings. The van der Waals surface area contributed by atoms with E-state index < -0.39 is 17.6 Å². The van der Waals surface area contributed by atoms with E-state index in [1.165, 1.54) is 6.08 Å². The molecule has 3 aromatic rings. The third kappa shape index (κ3) is 7.51. The summed E-state index contributed by atoms with van der Waals surface area (Å²) in [6, 6.07) is 15.4. The number of nitrogens with one attached hydrogen (secondary N) is 1. The summed E-state index contributed by atoms with van der Waals surface area (Å²) in [5.74, 6) is -0.0915. The van der Waals surface area contributed by atoms with Crippen molar-refractivity contribution >= 4 is 45.2 Å². The number of amides is 1. The number of nitrogens with zero attached hydrogens (tertiary/aromatic N) is 1. The Morgan fingerprint density at radius 2 is 1.92 bits per heavy atom. The summed E-state index contributed by atoms with van der Waals surface area (Å²) in [4.78, 5) is 12.7. The second-order valence-corrected chi connectivity index (χ2v) is 9.12. The van der Waals surface area contributed by atoms with E-state index in [0.29, 0.717) is 40.8 Å². The van der Waals surface area contributed by atoms with Gasteiger partial charge in [0.05, 0.1) is 27.4 Å². The first kappa shape index (κ1) is 28.1. The van der Waals surface area contributed by atoms with E-state index in [1.807, 2.05) is 31.2 Å². The first-order valence-electron chi connectivity index (χ1n) is 11.0. The van der Waals surface area contributed by atoms with E-state index >= 15 is 0 Å². The molecule has 0 aliphatic rings. The molecule has 1 N–H and O–H groups in total. The van der Waals surface area contributed by atoms with Crippen LogP contribution in [0, 0.1) is 18.3 Å². The molecular formula is C27H21BrClF3N2O3. The minimum absolute atomic E-state index is 0.102. The number of halogens is 5. The Bertz CT molecular complexity index is 1380. The fourth-order valence-corrected chi connectivity index (χ4v) is 4.07. The van der Waals surface area contributed by atoms with Gasteiger partial charge in [0.2, 0.25) is 0 Å². The molecule has 0 unspecified atom stereocenters. The van der Waals surface area contributed by atoms with E-state index in [9.17, 15) is 23.2 Å². The lowest BCUT2D eigenvalue weighted by Gasteiger charge is -2.15. The van der Waals surface area contributed by atoms with Crippen molar-refractivity contribution in [2.45, 2.75) is 26.6 Å². The molecule has 0 heterocycles. The van der Waals surface area contributed by atoms with Gasteiger partial charge < -0.3 is 14.8 Å². The van der Waals surface area contributed by atoms with Crippen LogP contribution in [0.1, 0.15) is 29.2 Å². The maximum atomic E-state index is 13.0. The lowest BCUT2D eigenvalue weighted by Crippen LogP contribution is -2.15. The zero-order valence-electron chi connectivity index (χ0n) is 19.7. The van der Waals surface area contributed by atoms with E-state index in [2.05, 4.69) is 21.2 Å². The second-order valence-electron chi connectivity index (χ2n) is 7.86. The van der Waals surface area contributed by atoms with E-state index in [-0.39, 0.29) is 16.3 Å². The molecule has 0 saturated carbocycles. The SMILES string of the molecule is CCOc1cc(/C=C(/C#N)C(=O)Nc2cc(C(F)(F)F)ccc2Cl)cc(Br)c1OCc1cccc(C)c1. The zero-order valence-corrected chi connectivity index (χ0v) is 22.1. The van der Waals surface area contributed by atoms with Gasteiger partial charge in [-0.2, -0.15) is 18.4 Å². The summed E-state index contributed by atoms with van der Waals surface area (Å²) in [5, 5.41) is 11.7. The summed E-state index contributed by atoms with van der Waals surface area (Å²) >= 11 is 9.41. The van der Waals surface area contributed by atoms with Gasteiger partial charge in [0.25, 0.3) is 5.91 Å². The van der Waals surface area contributed by atoms with Crippen LogP contribution in [-0.2, 0) is 17.6 Å². The number of rotatable bonds is 8. The minimum Gasteiger partial charge on any atom is -0.490 e. The molecule has 10 heteroatoms. The highest BCUT2D eigenvalue weighted by atomic mass is 79.9. The molecular weight excluding hydrogens is 573 g/mol. The van der Waals surface area contributed by atoms with Gasteiger partial charge in [0.1, 0.15) is 18.2 Å². The average Bonchev–Trinajstić information content (AvgIpc) is 2.83. The van der Waals surface area contributed by atoms with Gasteiger partial charge in [0.15, 0.2) is 11.5 Å². The van der Waals surface area contributed by atoms with Gasteiger partial charge in [-0.1, -0.05) is 41.4 Å². The normalized spacial score (nSPS) is 11.6. The van der Waals surface area contributed by atoms with Crippen LogP contribution in [0.2, 0.25) is 5.02 Å². The standard InChI is InChI=1S/C27H21BrClF3N2O3/c1-3-36-24-12-18(11-21(28)25(24)37-15-17-6-4-5-16(2)9-17)10-19(14-33)26(35)34-23-13-20(27(30,31)32)7-8-22(23)29/h4-13H,3,15H2,1-2H3,(H,34,35)/b19-10-. The predicted molar refractivity (Wildman–Crippen MR) is 139 cm³/mol. The average molecular weight is 594 g/mol. The van der Waals surface area contributed by atoms with Gasteiger partial charge in [-0.25, -0.2) is 0 Å². The number of carbonyl (C=O) groups excluding carboxylic acids is 1. The Hall–Kier alpha value is -3.48. The van der Waals surface area contributed by atoms with E-state index in [0.717, 1.165) is 23.3 Å². The Balaban J connectivity index is 1.87. The van der Waals surface area contributed by atoms with Crippen molar-refractivity contribution in [2.24, 2.45) is 0 Å². The molecule has 37 heavy (non-hydrogen) atoms. The number of carbonyl (C=O) groups is 1. The molecule has 0 aliphatic heterocycles. The molecule has 1 amide bonds. The highest BCUT2D eigenvalue weighted by molar-refractivity contribution is 9.10. The monoisotopic (exact) mass is 592 g/mol. The molecule has 0 aromatic heterocycles. The van der Waals surface area contributed by atoms with Crippen molar-refractivity contribution in [1.82, 2.24) is 0 Å². The maximum Gasteiger partial charge on any atom is 0.416 e. The van der Waals surface area contributed by atoms with Crippen LogP contribution in [0.3, 0.4) is 0 Å². The molecule has 0 spiro atoms. The van der Waals surface area contributed by atoms with Crippen LogP contribution in [0.25, 0.3) is 6.08 Å². The molecule has 5 nitrogen and oxygen atoms in total. The second kappa shape index (κ2) is 12.2. The summed E-state index contributed by atoms with van der Waals surface area (Å²) in [6.07, 6.45) is -3.34. The summed E-state index contributed by atoms with van der Waals surface area (Å²) in [5.41, 5.74) is 0.894. The van der Waals surface area contributed by atoms with Crippen molar-refractivity contribution in [3.63, 3.8) is 0 Å². The van der Waals surface area contributed by atoms with Crippen LogP contribution in [0.5, 0.6) is 11.5 Å². The Morgan fingerprint density at radius 3 is 2.57 bits per heavy atom. The lowest BCUT2D eigenvalue weighted by molar-refractivity contribution is -0.137. The van der Waals surface area contributed by atoms with E-state index in [1.54, 1.807) is 25.1 Å². The maximum absolute atomic E-state index is 13.0. The number of ether oxygens (including phenoxy) is 2. The zero-order chi connectivity index (χ0) is 27.2. The molecule has 3 aromatic carbocycles. The topological polar surface area (TPSA) is 71.3 Å². The number of hydrogen-bond acceptors (Lipinski definition) is 4. The summed E-state index contributed by atoms with van der Waals surface area (Å²) < 4.78 is 51.3. The van der Waals surface area contributed by atoms with Gasteiger partial charge >= 0.3 is 6.18 Å². The molecule has 0 bridgehead atoms. The summed E-state index contributed by atoms with van der Waals surface area (Å²) in [7, 11) is 0. The van der Waals surface area contributed by atoms with Gasteiger partial charge in [-0.05, 0) is 77.3 Å².